The molecule has 176 valence electrons. The van der Waals surface area contributed by atoms with Gasteiger partial charge in [-0.05, 0) is 43.7 Å². The Labute approximate surface area is 200 Å². The van der Waals surface area contributed by atoms with Gasteiger partial charge in [0.15, 0.2) is 5.75 Å². The zero-order valence-corrected chi connectivity index (χ0v) is 20.5. The Bertz CT molecular complexity index is 1080. The van der Waals surface area contributed by atoms with E-state index in [0.29, 0.717) is 5.92 Å². The van der Waals surface area contributed by atoms with Crippen molar-refractivity contribution >= 4 is 32.9 Å². The smallest absolute Gasteiger partial charge is 0.165 e. The number of unbranched alkanes of at least 4 members (excludes halogenated alkanes) is 1. The monoisotopic (exact) mass is 466 g/mol. The summed E-state index contributed by atoms with van der Waals surface area (Å²) in [5.41, 5.74) is 3.40. The van der Waals surface area contributed by atoms with Gasteiger partial charge in [-0.3, -0.25) is 4.90 Å². The third kappa shape index (κ3) is 5.20. The predicted molar refractivity (Wildman–Crippen MR) is 138 cm³/mol. The normalized spacial score (nSPS) is 16.5. The Morgan fingerprint density at radius 1 is 1.12 bits per heavy atom. The third-order valence-corrected chi connectivity index (χ3v) is 7.71. The molecule has 0 radical (unpaired) electrons. The number of nitrogens with zero attached hydrogens (tertiary/aromatic N) is 3. The molecule has 0 bridgehead atoms. The van der Waals surface area contributed by atoms with E-state index in [4.69, 9.17) is 14.5 Å². The molecule has 1 saturated heterocycles. The lowest BCUT2D eigenvalue weighted by atomic mass is 10.2. The molecule has 33 heavy (non-hydrogen) atoms. The van der Waals surface area contributed by atoms with Gasteiger partial charge >= 0.3 is 0 Å². The van der Waals surface area contributed by atoms with E-state index in [9.17, 15) is 0 Å². The molecule has 0 amide bonds. The molecule has 1 N–H and O–H groups in total. The van der Waals surface area contributed by atoms with E-state index in [2.05, 4.69) is 65.4 Å². The first-order chi connectivity index (χ1) is 16.2. The van der Waals surface area contributed by atoms with E-state index in [1.54, 1.807) is 11.3 Å². The highest BCUT2D eigenvalue weighted by Crippen LogP contribution is 2.38. The average molecular weight is 467 g/mol. The van der Waals surface area contributed by atoms with Gasteiger partial charge in [-0.2, -0.15) is 0 Å². The maximum Gasteiger partial charge on any atom is 0.165 e. The van der Waals surface area contributed by atoms with Gasteiger partial charge in [0.05, 0.1) is 33.2 Å². The van der Waals surface area contributed by atoms with Crippen LogP contribution in [0.1, 0.15) is 37.6 Å². The van der Waals surface area contributed by atoms with E-state index in [1.165, 1.54) is 15.4 Å². The average Bonchev–Trinajstić information content (AvgIpc) is 3.28. The van der Waals surface area contributed by atoms with Crippen LogP contribution in [0.3, 0.4) is 0 Å². The minimum Gasteiger partial charge on any atom is -0.494 e. The van der Waals surface area contributed by atoms with Gasteiger partial charge in [0.2, 0.25) is 0 Å². The van der Waals surface area contributed by atoms with Gasteiger partial charge < -0.3 is 19.7 Å². The van der Waals surface area contributed by atoms with Gasteiger partial charge in [-0.25, -0.2) is 4.98 Å². The molecular weight excluding hydrogens is 432 g/mol. The molecule has 0 spiro atoms. The zero-order valence-electron chi connectivity index (χ0n) is 19.7. The standard InChI is InChI=1S/C26H34N4O2S/c1-19(2)26-28-22-18-20(8-9-24(22)33-26)31-16-4-3-11-29-12-14-30(15-13-29)23-7-5-6-21-25(23)32-17-10-27-21/h5-9,18-19,27H,3-4,10-17H2,1-2H3. The van der Waals surface area contributed by atoms with Crippen molar-refractivity contribution in [3.63, 3.8) is 0 Å². The van der Waals surface area contributed by atoms with Crippen LogP contribution >= 0.6 is 11.3 Å². The van der Waals surface area contributed by atoms with Crippen LogP contribution in [0.2, 0.25) is 0 Å². The van der Waals surface area contributed by atoms with Crippen LogP contribution in [0.5, 0.6) is 11.5 Å². The van der Waals surface area contributed by atoms with Crippen LogP contribution in [0, 0.1) is 0 Å². The fourth-order valence-electron chi connectivity index (χ4n) is 4.51. The van der Waals surface area contributed by atoms with Crippen LogP contribution in [-0.2, 0) is 0 Å². The van der Waals surface area contributed by atoms with Crippen molar-refractivity contribution < 1.29 is 9.47 Å². The van der Waals surface area contributed by atoms with Gasteiger partial charge in [0.25, 0.3) is 0 Å². The van der Waals surface area contributed by atoms with Crippen LogP contribution in [0.4, 0.5) is 11.4 Å². The van der Waals surface area contributed by atoms with E-state index in [1.807, 2.05) is 0 Å². The maximum absolute atomic E-state index is 6.02. The Morgan fingerprint density at radius 2 is 2.00 bits per heavy atom. The van der Waals surface area contributed by atoms with E-state index in [-0.39, 0.29) is 0 Å². The van der Waals surface area contributed by atoms with Crippen molar-refractivity contribution in [3.8, 4) is 11.5 Å². The van der Waals surface area contributed by atoms with Gasteiger partial charge in [0, 0.05) is 44.7 Å². The first-order valence-electron chi connectivity index (χ1n) is 12.2. The summed E-state index contributed by atoms with van der Waals surface area (Å²) in [5.74, 6) is 2.42. The van der Waals surface area contributed by atoms with Crippen LogP contribution in [0.15, 0.2) is 36.4 Å². The number of anilines is 2. The number of nitrogens with one attached hydrogen (secondary N) is 1. The molecule has 0 unspecified atom stereocenters. The highest BCUT2D eigenvalue weighted by Gasteiger charge is 2.22. The first kappa shape index (κ1) is 22.3. The predicted octanol–water partition coefficient (Wildman–Crippen LogP) is 5.21. The lowest BCUT2D eigenvalue weighted by Gasteiger charge is -2.37. The summed E-state index contributed by atoms with van der Waals surface area (Å²) in [6, 6.07) is 12.7. The molecule has 3 aromatic rings. The van der Waals surface area contributed by atoms with Crippen molar-refractivity contribution in [1.82, 2.24) is 9.88 Å². The quantitative estimate of drug-likeness (QED) is 0.460. The van der Waals surface area contributed by atoms with Crippen LogP contribution < -0.4 is 19.7 Å². The summed E-state index contributed by atoms with van der Waals surface area (Å²) >= 11 is 1.78. The molecular formula is C26H34N4O2S. The highest BCUT2D eigenvalue weighted by molar-refractivity contribution is 7.18. The number of benzene rings is 2. The van der Waals surface area contributed by atoms with Crippen LogP contribution in [0.25, 0.3) is 10.2 Å². The number of piperazine rings is 1. The molecule has 3 heterocycles. The first-order valence-corrected chi connectivity index (χ1v) is 13.0. The van der Waals surface area contributed by atoms with Gasteiger partial charge in [-0.1, -0.05) is 19.9 Å². The molecule has 2 aliphatic heterocycles. The van der Waals surface area contributed by atoms with Crippen molar-refractivity contribution in [2.75, 3.05) is 62.7 Å². The summed E-state index contributed by atoms with van der Waals surface area (Å²) in [6.45, 7) is 12.2. The molecule has 6 nitrogen and oxygen atoms in total. The second kappa shape index (κ2) is 10.2. The number of hydrogen-bond acceptors (Lipinski definition) is 7. The van der Waals surface area contributed by atoms with Crippen molar-refractivity contribution in [1.29, 1.82) is 0 Å². The second-order valence-electron chi connectivity index (χ2n) is 9.15. The summed E-state index contributed by atoms with van der Waals surface area (Å²) in [5, 5.41) is 4.63. The number of ether oxygens (including phenoxy) is 2. The zero-order chi connectivity index (χ0) is 22.6. The molecule has 1 fully saturated rings. The number of para-hydroxylation sites is 1. The van der Waals surface area contributed by atoms with Crippen LogP contribution in [-0.4, -0.2) is 62.4 Å². The number of fused-ring (bicyclic) bond motifs is 2. The van der Waals surface area contributed by atoms with E-state index < -0.39 is 0 Å². The topological polar surface area (TPSA) is 49.9 Å². The number of thiazole rings is 1. The van der Waals surface area contributed by atoms with Gasteiger partial charge in [0.1, 0.15) is 12.4 Å². The third-order valence-electron chi connectivity index (χ3n) is 6.38. The summed E-state index contributed by atoms with van der Waals surface area (Å²) < 4.78 is 13.2. The summed E-state index contributed by atoms with van der Waals surface area (Å²) in [7, 11) is 0. The minimum atomic E-state index is 0.469. The van der Waals surface area contributed by atoms with Gasteiger partial charge in [-0.15, -0.1) is 11.3 Å². The Balaban J connectivity index is 1.04. The minimum absolute atomic E-state index is 0.469. The molecule has 1 aromatic heterocycles. The van der Waals surface area contributed by atoms with Crippen molar-refractivity contribution in [3.05, 3.63) is 41.4 Å². The highest BCUT2D eigenvalue weighted by atomic mass is 32.1. The number of aromatic nitrogens is 1. The van der Waals surface area contributed by atoms with Crippen molar-refractivity contribution in [2.24, 2.45) is 0 Å². The molecule has 7 heteroatoms. The number of rotatable bonds is 8. The fraction of sp³-hybridized carbons (Fsp3) is 0.500. The molecule has 2 aliphatic rings. The molecule has 0 atom stereocenters. The molecule has 2 aromatic carbocycles. The maximum atomic E-state index is 6.02. The molecule has 5 rings (SSSR count). The molecule has 0 aliphatic carbocycles. The van der Waals surface area contributed by atoms with E-state index >= 15 is 0 Å². The number of hydrogen-bond donors (Lipinski definition) is 1. The molecule has 0 saturated carbocycles. The Hall–Kier alpha value is -2.51. The SMILES string of the molecule is CC(C)c1nc2cc(OCCCCN3CCN(c4cccc5c4OCCN5)CC3)ccc2s1. The summed E-state index contributed by atoms with van der Waals surface area (Å²) in [4.78, 5) is 9.78. The second-order valence-corrected chi connectivity index (χ2v) is 10.2. The Morgan fingerprint density at radius 3 is 2.85 bits per heavy atom. The lowest BCUT2D eigenvalue weighted by molar-refractivity contribution is 0.237. The summed E-state index contributed by atoms with van der Waals surface area (Å²) in [6.07, 6.45) is 2.22. The largest absolute Gasteiger partial charge is 0.494 e. The van der Waals surface area contributed by atoms with E-state index in [0.717, 1.165) is 88.0 Å². The van der Waals surface area contributed by atoms with Crippen molar-refractivity contribution in [2.45, 2.75) is 32.6 Å². The fourth-order valence-corrected chi connectivity index (χ4v) is 5.46. The lowest BCUT2D eigenvalue weighted by Crippen LogP contribution is -2.46. The Kier molecular flexibility index (Phi) is 6.88.